The highest BCUT2D eigenvalue weighted by Gasteiger charge is 2.41. The molecule has 2 aliphatic carbocycles. The normalized spacial score (nSPS) is 29.3. The minimum Gasteiger partial charge on any atom is -0.244 e. The lowest BCUT2D eigenvalue weighted by molar-refractivity contribution is 0.390. The molecule has 5 nitrogen and oxygen atoms in total. The van der Waals surface area contributed by atoms with E-state index in [0.29, 0.717) is 11.8 Å². The number of pyridine rings is 1. The predicted molar refractivity (Wildman–Crippen MR) is 68.5 cm³/mol. The first-order chi connectivity index (χ1) is 9.10. The van der Waals surface area contributed by atoms with Gasteiger partial charge in [0.15, 0.2) is 5.69 Å². The van der Waals surface area contributed by atoms with Gasteiger partial charge in [0, 0.05) is 12.2 Å². The summed E-state index contributed by atoms with van der Waals surface area (Å²) >= 11 is 0. The second-order valence-electron chi connectivity index (χ2n) is 5.36. The highest BCUT2D eigenvalue weighted by atomic mass is 32.2. The summed E-state index contributed by atoms with van der Waals surface area (Å²) in [6.45, 7) is 0. The molecule has 0 aliphatic heterocycles. The Bertz CT molecular complexity index is 636. The molecule has 0 saturated heterocycles. The zero-order valence-electron chi connectivity index (χ0n) is 10.4. The molecule has 100 valence electrons. The molecule has 0 amide bonds. The van der Waals surface area contributed by atoms with E-state index in [1.807, 2.05) is 6.07 Å². The Morgan fingerprint density at radius 3 is 2.84 bits per heavy atom. The number of hydrogen-bond acceptors (Lipinski definition) is 4. The summed E-state index contributed by atoms with van der Waals surface area (Å²) in [4.78, 5) is 3.79. The minimum absolute atomic E-state index is 0.0136. The lowest BCUT2D eigenvalue weighted by Crippen LogP contribution is -2.38. The molecule has 2 saturated carbocycles. The maximum atomic E-state index is 12.3. The largest absolute Gasteiger partial charge is 0.244 e. The lowest BCUT2D eigenvalue weighted by atomic mass is 9.96. The fourth-order valence-electron chi connectivity index (χ4n) is 3.34. The fourth-order valence-corrected chi connectivity index (χ4v) is 4.77. The Balaban J connectivity index is 1.85. The van der Waals surface area contributed by atoms with Crippen LogP contribution < -0.4 is 4.72 Å². The summed E-state index contributed by atoms with van der Waals surface area (Å²) in [5.74, 6) is 1.13. The summed E-state index contributed by atoms with van der Waals surface area (Å²) in [5.41, 5.74) is -0.0434. The van der Waals surface area contributed by atoms with Gasteiger partial charge in [0.1, 0.15) is 11.0 Å². The monoisotopic (exact) mass is 277 g/mol. The average molecular weight is 277 g/mol. The van der Waals surface area contributed by atoms with Crippen LogP contribution in [-0.4, -0.2) is 19.4 Å². The van der Waals surface area contributed by atoms with Crippen LogP contribution in [-0.2, 0) is 10.0 Å². The third-order valence-electron chi connectivity index (χ3n) is 4.21. The Morgan fingerprint density at radius 1 is 1.37 bits per heavy atom. The molecule has 0 radical (unpaired) electrons. The molecule has 3 rings (SSSR count). The van der Waals surface area contributed by atoms with Gasteiger partial charge >= 0.3 is 0 Å². The zero-order chi connectivity index (χ0) is 13.5. The van der Waals surface area contributed by atoms with Crippen LogP contribution in [0.25, 0.3) is 0 Å². The molecule has 3 unspecified atom stereocenters. The number of nitrogens with zero attached hydrogens (tertiary/aromatic N) is 2. The Morgan fingerprint density at radius 2 is 2.21 bits per heavy atom. The summed E-state index contributed by atoms with van der Waals surface area (Å²) in [5, 5.41) is 8.94. The van der Waals surface area contributed by atoms with E-state index in [9.17, 15) is 8.42 Å². The quantitative estimate of drug-likeness (QED) is 0.905. The SMILES string of the molecule is N#Cc1ncccc1S(=O)(=O)NC1CC2CCC1C2. The van der Waals surface area contributed by atoms with Crippen molar-refractivity contribution in [3.05, 3.63) is 24.0 Å². The van der Waals surface area contributed by atoms with Crippen LogP contribution in [0.4, 0.5) is 0 Å². The summed E-state index contributed by atoms with van der Waals surface area (Å²) in [6.07, 6.45) is 5.81. The number of sulfonamides is 1. The topological polar surface area (TPSA) is 82.8 Å². The van der Waals surface area contributed by atoms with E-state index < -0.39 is 10.0 Å². The first-order valence-corrected chi connectivity index (χ1v) is 7.96. The van der Waals surface area contributed by atoms with E-state index in [4.69, 9.17) is 5.26 Å². The second kappa shape index (κ2) is 4.58. The molecular weight excluding hydrogens is 262 g/mol. The number of rotatable bonds is 3. The smallest absolute Gasteiger partial charge is 0.243 e. The molecule has 2 bridgehead atoms. The van der Waals surface area contributed by atoms with Gasteiger partial charge in [0.2, 0.25) is 10.0 Å². The van der Waals surface area contributed by atoms with Gasteiger partial charge < -0.3 is 0 Å². The number of aromatic nitrogens is 1. The first kappa shape index (κ1) is 12.6. The van der Waals surface area contributed by atoms with E-state index in [1.54, 1.807) is 0 Å². The fraction of sp³-hybridized carbons (Fsp3) is 0.538. The third kappa shape index (κ3) is 2.24. The highest BCUT2D eigenvalue weighted by molar-refractivity contribution is 7.89. The first-order valence-electron chi connectivity index (χ1n) is 6.47. The van der Waals surface area contributed by atoms with Gasteiger partial charge in [-0.3, -0.25) is 0 Å². The number of nitriles is 1. The van der Waals surface area contributed by atoms with E-state index in [0.717, 1.165) is 19.3 Å². The van der Waals surface area contributed by atoms with Gasteiger partial charge in [-0.2, -0.15) is 5.26 Å². The molecule has 1 N–H and O–H groups in total. The van der Waals surface area contributed by atoms with Crippen LogP contribution in [0.3, 0.4) is 0 Å². The van der Waals surface area contributed by atoms with Crippen molar-refractivity contribution in [3.8, 4) is 6.07 Å². The van der Waals surface area contributed by atoms with Crippen LogP contribution in [0.1, 0.15) is 31.4 Å². The van der Waals surface area contributed by atoms with E-state index >= 15 is 0 Å². The number of hydrogen-bond donors (Lipinski definition) is 1. The molecule has 6 heteroatoms. The van der Waals surface area contributed by atoms with Crippen LogP contribution in [0.5, 0.6) is 0 Å². The van der Waals surface area contributed by atoms with Crippen molar-refractivity contribution >= 4 is 10.0 Å². The summed E-state index contributed by atoms with van der Waals surface area (Å²) in [7, 11) is -3.64. The highest BCUT2D eigenvalue weighted by Crippen LogP contribution is 2.44. The average Bonchev–Trinajstić information content (AvgIpc) is 3.00. The van der Waals surface area contributed by atoms with Crippen molar-refractivity contribution < 1.29 is 8.42 Å². The van der Waals surface area contributed by atoms with Crippen molar-refractivity contribution in [3.63, 3.8) is 0 Å². The zero-order valence-corrected chi connectivity index (χ0v) is 11.2. The molecule has 3 atom stereocenters. The second-order valence-corrected chi connectivity index (χ2v) is 7.05. The van der Waals surface area contributed by atoms with Crippen LogP contribution in [0, 0.1) is 23.2 Å². The molecule has 1 aromatic rings. The van der Waals surface area contributed by atoms with Crippen molar-refractivity contribution in [1.82, 2.24) is 9.71 Å². The molecule has 2 aliphatic rings. The van der Waals surface area contributed by atoms with Crippen LogP contribution >= 0.6 is 0 Å². The molecule has 1 heterocycles. The van der Waals surface area contributed by atoms with Gasteiger partial charge in [-0.25, -0.2) is 18.1 Å². The minimum atomic E-state index is -3.64. The number of nitrogens with one attached hydrogen (secondary N) is 1. The number of fused-ring (bicyclic) bond motifs is 2. The maximum absolute atomic E-state index is 12.3. The molecule has 19 heavy (non-hydrogen) atoms. The predicted octanol–water partition coefficient (Wildman–Crippen LogP) is 1.42. The van der Waals surface area contributed by atoms with Gasteiger partial charge in [-0.15, -0.1) is 0 Å². The van der Waals surface area contributed by atoms with Crippen molar-refractivity contribution in [2.75, 3.05) is 0 Å². The van der Waals surface area contributed by atoms with E-state index in [1.165, 1.54) is 24.8 Å². The summed E-state index contributed by atoms with van der Waals surface area (Å²) < 4.78 is 27.4. The third-order valence-corrected chi connectivity index (χ3v) is 5.73. The van der Waals surface area contributed by atoms with Gasteiger partial charge in [-0.05, 0) is 43.2 Å². The molecule has 1 aromatic heterocycles. The van der Waals surface area contributed by atoms with Crippen molar-refractivity contribution in [2.24, 2.45) is 11.8 Å². The van der Waals surface area contributed by atoms with Crippen LogP contribution in [0.2, 0.25) is 0 Å². The van der Waals surface area contributed by atoms with Crippen molar-refractivity contribution in [2.45, 2.75) is 36.6 Å². The lowest BCUT2D eigenvalue weighted by Gasteiger charge is -2.22. The summed E-state index contributed by atoms with van der Waals surface area (Å²) in [6, 6.07) is 4.82. The standard InChI is InChI=1S/C13H15N3O2S/c14-8-12-13(2-1-5-15-12)19(17,18)16-11-7-9-3-4-10(11)6-9/h1-2,5,9-11,16H,3-4,6-7H2. The van der Waals surface area contributed by atoms with Gasteiger partial charge in [0.05, 0.1) is 0 Å². The van der Waals surface area contributed by atoms with Gasteiger partial charge in [0.25, 0.3) is 0 Å². The molecule has 0 spiro atoms. The molecular formula is C13H15N3O2S. The Hall–Kier alpha value is -1.45. The van der Waals surface area contributed by atoms with E-state index in [2.05, 4.69) is 9.71 Å². The Labute approximate surface area is 112 Å². The van der Waals surface area contributed by atoms with E-state index in [-0.39, 0.29) is 16.6 Å². The molecule has 0 aromatic carbocycles. The van der Waals surface area contributed by atoms with Gasteiger partial charge in [-0.1, -0.05) is 6.42 Å². The Kier molecular flexibility index (Phi) is 3.03. The van der Waals surface area contributed by atoms with Crippen molar-refractivity contribution in [1.29, 1.82) is 5.26 Å². The van der Waals surface area contributed by atoms with Crippen LogP contribution in [0.15, 0.2) is 23.2 Å². The molecule has 2 fully saturated rings. The maximum Gasteiger partial charge on any atom is 0.243 e.